The molecule has 0 saturated heterocycles. The van der Waals surface area contributed by atoms with Crippen LogP contribution in [0.1, 0.15) is 6.92 Å². The average molecular weight is 257 g/mol. The standard InChI is InChI=1S/C15H15NOS/c1-2-16-13-9-6-7-10-14(13)18-15(16)11-5-3-4-8-12-17/h3-12H,2H2,1H3/b5-3+,8-4+,15-11+. The molecule has 0 fully saturated rings. The van der Waals surface area contributed by atoms with E-state index in [2.05, 4.69) is 42.2 Å². The number of hydrogen-bond donors (Lipinski definition) is 0. The van der Waals surface area contributed by atoms with Gasteiger partial charge in [0.05, 0.1) is 10.7 Å². The number of carbonyl (C=O) groups is 1. The van der Waals surface area contributed by atoms with E-state index in [1.807, 2.05) is 12.2 Å². The summed E-state index contributed by atoms with van der Waals surface area (Å²) >= 11 is 1.77. The van der Waals surface area contributed by atoms with Crippen molar-refractivity contribution in [2.75, 3.05) is 11.4 Å². The highest BCUT2D eigenvalue weighted by Gasteiger charge is 2.22. The van der Waals surface area contributed by atoms with Crippen LogP contribution in [0.25, 0.3) is 0 Å². The smallest absolute Gasteiger partial charge is 0.142 e. The number of anilines is 1. The highest BCUT2D eigenvalue weighted by atomic mass is 32.2. The molecule has 1 heterocycles. The lowest BCUT2D eigenvalue weighted by atomic mass is 10.3. The number of fused-ring (bicyclic) bond motifs is 1. The Morgan fingerprint density at radius 2 is 1.94 bits per heavy atom. The fourth-order valence-corrected chi connectivity index (χ4v) is 2.95. The Labute approximate surface area is 112 Å². The number of hydrogen-bond acceptors (Lipinski definition) is 3. The minimum absolute atomic E-state index is 0.774. The van der Waals surface area contributed by atoms with Crippen LogP contribution in [0.15, 0.2) is 64.6 Å². The van der Waals surface area contributed by atoms with Crippen molar-refractivity contribution in [3.05, 3.63) is 59.7 Å². The zero-order chi connectivity index (χ0) is 12.8. The van der Waals surface area contributed by atoms with Crippen molar-refractivity contribution in [2.24, 2.45) is 0 Å². The lowest BCUT2D eigenvalue weighted by Gasteiger charge is -2.17. The molecule has 0 bridgehead atoms. The molecule has 0 spiro atoms. The third-order valence-corrected chi connectivity index (χ3v) is 3.73. The van der Waals surface area contributed by atoms with Crippen LogP contribution in [0.3, 0.4) is 0 Å². The SMILES string of the molecule is CCN1\C(=C/C=C/C=C/C=O)Sc2ccccc21. The van der Waals surface area contributed by atoms with Crippen molar-refractivity contribution in [1.29, 1.82) is 0 Å². The first kappa shape index (κ1) is 12.7. The molecule has 0 aliphatic carbocycles. The molecule has 2 rings (SSSR count). The first-order chi connectivity index (χ1) is 8.86. The normalized spacial score (nSPS) is 16.9. The number of rotatable bonds is 4. The van der Waals surface area contributed by atoms with Crippen LogP contribution in [0.2, 0.25) is 0 Å². The fraction of sp³-hybridized carbons (Fsp3) is 0.133. The molecular weight excluding hydrogens is 242 g/mol. The summed E-state index contributed by atoms with van der Waals surface area (Å²) in [5.74, 6) is 0. The molecule has 92 valence electrons. The second-order valence-corrected chi connectivity index (χ2v) is 4.79. The van der Waals surface area contributed by atoms with Crippen molar-refractivity contribution < 1.29 is 4.79 Å². The van der Waals surface area contributed by atoms with Gasteiger partial charge in [-0.05, 0) is 31.2 Å². The van der Waals surface area contributed by atoms with Crippen molar-refractivity contribution in [3.63, 3.8) is 0 Å². The zero-order valence-corrected chi connectivity index (χ0v) is 11.1. The molecule has 2 nitrogen and oxygen atoms in total. The van der Waals surface area contributed by atoms with Gasteiger partial charge in [-0.1, -0.05) is 42.1 Å². The van der Waals surface area contributed by atoms with Crippen LogP contribution in [0, 0.1) is 0 Å². The van der Waals surface area contributed by atoms with Gasteiger partial charge in [-0.3, -0.25) is 4.79 Å². The number of aldehydes is 1. The number of para-hydroxylation sites is 1. The van der Waals surface area contributed by atoms with Crippen LogP contribution in [-0.4, -0.2) is 12.8 Å². The first-order valence-corrected chi connectivity index (χ1v) is 6.71. The number of benzene rings is 1. The van der Waals surface area contributed by atoms with Gasteiger partial charge < -0.3 is 4.90 Å². The van der Waals surface area contributed by atoms with Gasteiger partial charge in [-0.15, -0.1) is 0 Å². The third-order valence-electron chi connectivity index (χ3n) is 2.60. The van der Waals surface area contributed by atoms with Crippen molar-refractivity contribution in [2.45, 2.75) is 11.8 Å². The molecule has 18 heavy (non-hydrogen) atoms. The Morgan fingerprint density at radius 1 is 1.17 bits per heavy atom. The maximum atomic E-state index is 10.1. The summed E-state index contributed by atoms with van der Waals surface area (Å²) < 4.78 is 0. The van der Waals surface area contributed by atoms with E-state index in [-0.39, 0.29) is 0 Å². The second kappa shape index (κ2) is 6.26. The number of nitrogens with zero attached hydrogens (tertiary/aromatic N) is 1. The summed E-state index contributed by atoms with van der Waals surface area (Å²) in [7, 11) is 0. The van der Waals surface area contributed by atoms with Gasteiger partial charge in [-0.25, -0.2) is 0 Å². The Kier molecular flexibility index (Phi) is 4.42. The Bertz CT molecular complexity index is 517. The topological polar surface area (TPSA) is 20.3 Å². The highest BCUT2D eigenvalue weighted by Crippen LogP contribution is 2.45. The van der Waals surface area contributed by atoms with E-state index in [4.69, 9.17) is 0 Å². The molecular formula is C15H15NOS. The van der Waals surface area contributed by atoms with Crippen molar-refractivity contribution in [1.82, 2.24) is 0 Å². The molecule has 0 aromatic heterocycles. The predicted molar refractivity (Wildman–Crippen MR) is 77.7 cm³/mol. The summed E-state index contributed by atoms with van der Waals surface area (Å²) in [6, 6.07) is 8.40. The second-order valence-electron chi connectivity index (χ2n) is 3.72. The maximum absolute atomic E-state index is 10.1. The number of allylic oxidation sites excluding steroid dienone is 5. The molecule has 1 aromatic rings. The number of carbonyl (C=O) groups excluding carboxylic acids is 1. The van der Waals surface area contributed by atoms with Gasteiger partial charge in [-0.2, -0.15) is 0 Å². The van der Waals surface area contributed by atoms with E-state index in [1.54, 1.807) is 17.8 Å². The molecule has 3 heteroatoms. The number of thioether (sulfide) groups is 1. The van der Waals surface area contributed by atoms with E-state index >= 15 is 0 Å². The fourth-order valence-electron chi connectivity index (χ4n) is 1.81. The average Bonchev–Trinajstić information content (AvgIpc) is 2.76. The summed E-state index contributed by atoms with van der Waals surface area (Å²) in [5, 5.41) is 1.22. The van der Waals surface area contributed by atoms with Crippen LogP contribution in [0.4, 0.5) is 5.69 Å². The quantitative estimate of drug-likeness (QED) is 0.465. The minimum Gasteiger partial charge on any atom is -0.335 e. The molecule has 0 saturated carbocycles. The van der Waals surface area contributed by atoms with E-state index in [0.29, 0.717) is 0 Å². The van der Waals surface area contributed by atoms with E-state index in [0.717, 1.165) is 12.8 Å². The summed E-state index contributed by atoms with van der Waals surface area (Å²) in [6.45, 7) is 3.10. The van der Waals surface area contributed by atoms with Gasteiger partial charge in [0, 0.05) is 11.4 Å². The molecule has 0 amide bonds. The monoisotopic (exact) mass is 257 g/mol. The van der Waals surface area contributed by atoms with Gasteiger partial charge in [0.1, 0.15) is 6.29 Å². The van der Waals surface area contributed by atoms with Crippen LogP contribution in [0.5, 0.6) is 0 Å². The first-order valence-electron chi connectivity index (χ1n) is 5.90. The summed E-state index contributed by atoms with van der Waals surface area (Å²) in [6.07, 6.45) is 9.87. The zero-order valence-electron chi connectivity index (χ0n) is 10.2. The van der Waals surface area contributed by atoms with Crippen LogP contribution in [-0.2, 0) is 4.79 Å². The minimum atomic E-state index is 0.774. The predicted octanol–water partition coefficient (Wildman–Crippen LogP) is 3.77. The van der Waals surface area contributed by atoms with Crippen molar-refractivity contribution >= 4 is 23.7 Å². The Hall–Kier alpha value is -1.74. The van der Waals surface area contributed by atoms with E-state index in [1.165, 1.54) is 21.7 Å². The van der Waals surface area contributed by atoms with Gasteiger partial charge in [0.2, 0.25) is 0 Å². The Balaban J connectivity index is 2.17. The summed E-state index contributed by atoms with van der Waals surface area (Å²) in [5.41, 5.74) is 1.27. The Morgan fingerprint density at radius 3 is 2.72 bits per heavy atom. The molecule has 0 radical (unpaired) electrons. The molecule has 1 aliphatic rings. The van der Waals surface area contributed by atoms with Gasteiger partial charge in [0.25, 0.3) is 0 Å². The van der Waals surface area contributed by atoms with Gasteiger partial charge >= 0.3 is 0 Å². The van der Waals surface area contributed by atoms with Gasteiger partial charge in [0.15, 0.2) is 0 Å². The molecule has 0 unspecified atom stereocenters. The maximum Gasteiger partial charge on any atom is 0.142 e. The highest BCUT2D eigenvalue weighted by molar-refractivity contribution is 8.03. The lowest BCUT2D eigenvalue weighted by Crippen LogP contribution is -2.16. The van der Waals surface area contributed by atoms with Crippen molar-refractivity contribution in [3.8, 4) is 0 Å². The molecule has 1 aromatic carbocycles. The van der Waals surface area contributed by atoms with Crippen LogP contribution >= 0.6 is 11.8 Å². The molecule has 0 atom stereocenters. The largest absolute Gasteiger partial charge is 0.335 e. The van der Waals surface area contributed by atoms with E-state index in [9.17, 15) is 4.79 Å². The lowest BCUT2D eigenvalue weighted by molar-refractivity contribution is -0.104. The third kappa shape index (κ3) is 2.74. The summed E-state index contributed by atoms with van der Waals surface area (Å²) in [4.78, 5) is 13.7. The van der Waals surface area contributed by atoms with Crippen LogP contribution < -0.4 is 4.90 Å². The van der Waals surface area contributed by atoms with E-state index < -0.39 is 0 Å². The molecule has 0 N–H and O–H groups in total. The molecule has 1 aliphatic heterocycles.